The van der Waals surface area contributed by atoms with E-state index < -0.39 is 0 Å². The highest BCUT2D eigenvalue weighted by Gasteiger charge is 2.12. The predicted octanol–water partition coefficient (Wildman–Crippen LogP) is 2.38. The second-order valence-corrected chi connectivity index (χ2v) is 5.33. The van der Waals surface area contributed by atoms with Gasteiger partial charge in [-0.1, -0.05) is 13.8 Å². The fraction of sp³-hybridized carbons (Fsp3) is 1.00. The Morgan fingerprint density at radius 3 is 2.58 bits per heavy atom. The van der Waals surface area contributed by atoms with E-state index >= 15 is 0 Å². The van der Waals surface area contributed by atoms with Gasteiger partial charge in [0.2, 0.25) is 0 Å². The number of hydrogen-bond acceptors (Lipinski definition) is 2. The molecule has 0 radical (unpaired) electrons. The molecule has 0 aromatic heterocycles. The molecule has 0 aliphatic carbocycles. The van der Waals surface area contributed by atoms with Crippen molar-refractivity contribution in [2.75, 3.05) is 24.6 Å². The Morgan fingerprint density at radius 1 is 1.33 bits per heavy atom. The van der Waals surface area contributed by atoms with E-state index in [2.05, 4.69) is 30.9 Å². The minimum atomic E-state index is 0.794. The van der Waals surface area contributed by atoms with Crippen LogP contribution in [0.5, 0.6) is 0 Å². The maximum atomic E-state index is 3.55. The molecule has 0 aromatic rings. The zero-order valence-corrected chi connectivity index (χ0v) is 9.12. The Kier molecular flexibility index (Phi) is 5.08. The molecule has 72 valence electrons. The minimum absolute atomic E-state index is 0.794. The number of rotatable bonds is 4. The topological polar surface area (TPSA) is 12.0 Å². The molecule has 1 aliphatic heterocycles. The van der Waals surface area contributed by atoms with Crippen molar-refractivity contribution >= 4 is 11.8 Å². The van der Waals surface area contributed by atoms with Crippen LogP contribution in [0.25, 0.3) is 0 Å². The molecule has 1 fully saturated rings. The zero-order chi connectivity index (χ0) is 8.81. The van der Waals surface area contributed by atoms with Crippen molar-refractivity contribution < 1.29 is 0 Å². The first-order valence-electron chi connectivity index (χ1n) is 5.07. The Balaban J connectivity index is 1.98. The molecular weight excluding hydrogens is 166 g/mol. The minimum Gasteiger partial charge on any atom is -0.316 e. The lowest BCUT2D eigenvalue weighted by Crippen LogP contribution is -2.28. The lowest BCUT2D eigenvalue weighted by Gasteiger charge is -2.22. The Morgan fingerprint density at radius 2 is 2.00 bits per heavy atom. The SMILES string of the molecule is CC(C)CNCC1CCSCC1. The van der Waals surface area contributed by atoms with Gasteiger partial charge in [0.1, 0.15) is 0 Å². The van der Waals surface area contributed by atoms with Gasteiger partial charge in [0, 0.05) is 0 Å². The van der Waals surface area contributed by atoms with E-state index in [0.29, 0.717) is 0 Å². The zero-order valence-electron chi connectivity index (χ0n) is 8.31. The summed E-state index contributed by atoms with van der Waals surface area (Å²) in [5.74, 6) is 4.52. The molecule has 0 saturated carbocycles. The van der Waals surface area contributed by atoms with Crippen LogP contribution in [0.2, 0.25) is 0 Å². The molecule has 1 heterocycles. The van der Waals surface area contributed by atoms with E-state index in [-0.39, 0.29) is 0 Å². The molecule has 0 aromatic carbocycles. The second kappa shape index (κ2) is 5.87. The van der Waals surface area contributed by atoms with Crippen LogP contribution < -0.4 is 5.32 Å². The van der Waals surface area contributed by atoms with Gasteiger partial charge in [-0.2, -0.15) is 11.8 Å². The van der Waals surface area contributed by atoms with Gasteiger partial charge in [-0.25, -0.2) is 0 Å². The summed E-state index contributed by atoms with van der Waals surface area (Å²) in [6.45, 7) is 6.97. The van der Waals surface area contributed by atoms with E-state index in [1.807, 2.05) is 0 Å². The van der Waals surface area contributed by atoms with Crippen LogP contribution in [0.3, 0.4) is 0 Å². The molecule has 0 spiro atoms. The van der Waals surface area contributed by atoms with Crippen molar-refractivity contribution in [2.45, 2.75) is 26.7 Å². The van der Waals surface area contributed by atoms with Crippen LogP contribution >= 0.6 is 11.8 Å². The summed E-state index contributed by atoms with van der Waals surface area (Å²) in [6.07, 6.45) is 2.85. The van der Waals surface area contributed by atoms with E-state index in [9.17, 15) is 0 Å². The van der Waals surface area contributed by atoms with Gasteiger partial charge in [-0.3, -0.25) is 0 Å². The average Bonchev–Trinajstić information content (AvgIpc) is 2.05. The highest BCUT2D eigenvalue weighted by molar-refractivity contribution is 7.99. The van der Waals surface area contributed by atoms with Crippen LogP contribution in [0.1, 0.15) is 26.7 Å². The summed E-state index contributed by atoms with van der Waals surface area (Å²) in [6, 6.07) is 0. The van der Waals surface area contributed by atoms with E-state index in [1.54, 1.807) is 0 Å². The first-order chi connectivity index (χ1) is 5.79. The molecule has 2 heteroatoms. The summed E-state index contributed by atoms with van der Waals surface area (Å²) in [5, 5.41) is 3.55. The Bertz CT molecular complexity index is 108. The van der Waals surface area contributed by atoms with Gasteiger partial charge in [0.15, 0.2) is 0 Å². The molecule has 0 amide bonds. The lowest BCUT2D eigenvalue weighted by molar-refractivity contribution is 0.428. The maximum absolute atomic E-state index is 3.55. The van der Waals surface area contributed by atoms with Crippen LogP contribution in [0, 0.1) is 11.8 Å². The largest absolute Gasteiger partial charge is 0.316 e. The van der Waals surface area contributed by atoms with Crippen LogP contribution in [0.4, 0.5) is 0 Å². The highest BCUT2D eigenvalue weighted by Crippen LogP contribution is 2.21. The number of hydrogen-bond donors (Lipinski definition) is 1. The summed E-state index contributed by atoms with van der Waals surface area (Å²) in [4.78, 5) is 0. The molecule has 1 saturated heterocycles. The first-order valence-corrected chi connectivity index (χ1v) is 6.23. The van der Waals surface area contributed by atoms with Crippen molar-refractivity contribution in [3.63, 3.8) is 0 Å². The quantitative estimate of drug-likeness (QED) is 0.725. The lowest BCUT2D eigenvalue weighted by atomic mass is 10.0. The van der Waals surface area contributed by atoms with Gasteiger partial charge < -0.3 is 5.32 Å². The Hall–Kier alpha value is 0.310. The predicted molar refractivity (Wildman–Crippen MR) is 57.8 cm³/mol. The van der Waals surface area contributed by atoms with Gasteiger partial charge in [-0.05, 0) is 49.3 Å². The first kappa shape index (κ1) is 10.4. The second-order valence-electron chi connectivity index (χ2n) is 4.11. The summed E-state index contributed by atoms with van der Waals surface area (Å²) in [7, 11) is 0. The van der Waals surface area contributed by atoms with Crippen molar-refractivity contribution in [3.05, 3.63) is 0 Å². The number of nitrogens with one attached hydrogen (secondary N) is 1. The van der Waals surface area contributed by atoms with E-state index in [1.165, 1.54) is 37.4 Å². The van der Waals surface area contributed by atoms with Crippen LogP contribution in [0.15, 0.2) is 0 Å². The fourth-order valence-corrected chi connectivity index (χ4v) is 2.73. The molecule has 0 unspecified atom stereocenters. The molecule has 12 heavy (non-hydrogen) atoms. The highest BCUT2D eigenvalue weighted by atomic mass is 32.2. The summed E-state index contributed by atoms with van der Waals surface area (Å²) < 4.78 is 0. The molecule has 0 bridgehead atoms. The molecule has 1 aliphatic rings. The van der Waals surface area contributed by atoms with E-state index in [4.69, 9.17) is 0 Å². The molecular formula is C10H21NS. The van der Waals surface area contributed by atoms with Crippen LogP contribution in [-0.2, 0) is 0 Å². The molecule has 1 rings (SSSR count). The summed E-state index contributed by atoms with van der Waals surface area (Å²) in [5.41, 5.74) is 0. The fourth-order valence-electron chi connectivity index (χ4n) is 1.53. The molecule has 1 N–H and O–H groups in total. The Labute approximate surface area is 80.7 Å². The van der Waals surface area contributed by atoms with Crippen molar-refractivity contribution in [3.8, 4) is 0 Å². The smallest absolute Gasteiger partial charge is 0.00198 e. The third-order valence-corrected chi connectivity index (χ3v) is 3.38. The van der Waals surface area contributed by atoms with Crippen molar-refractivity contribution in [1.29, 1.82) is 0 Å². The maximum Gasteiger partial charge on any atom is -0.00198 e. The number of thioether (sulfide) groups is 1. The van der Waals surface area contributed by atoms with E-state index in [0.717, 1.165) is 11.8 Å². The van der Waals surface area contributed by atoms with Gasteiger partial charge in [0.05, 0.1) is 0 Å². The third-order valence-electron chi connectivity index (χ3n) is 2.33. The van der Waals surface area contributed by atoms with Crippen LogP contribution in [-0.4, -0.2) is 24.6 Å². The standard InChI is InChI=1S/C10H21NS/c1-9(2)7-11-8-10-3-5-12-6-4-10/h9-11H,3-8H2,1-2H3. The molecule has 1 nitrogen and oxygen atoms in total. The normalized spacial score (nSPS) is 20.2. The van der Waals surface area contributed by atoms with Gasteiger partial charge >= 0.3 is 0 Å². The average molecular weight is 187 g/mol. The third kappa shape index (κ3) is 4.36. The van der Waals surface area contributed by atoms with Gasteiger partial charge in [0.25, 0.3) is 0 Å². The molecule has 0 atom stereocenters. The van der Waals surface area contributed by atoms with Crippen molar-refractivity contribution in [1.82, 2.24) is 5.32 Å². The summed E-state index contributed by atoms with van der Waals surface area (Å²) >= 11 is 2.11. The van der Waals surface area contributed by atoms with Gasteiger partial charge in [-0.15, -0.1) is 0 Å². The van der Waals surface area contributed by atoms with Crippen molar-refractivity contribution in [2.24, 2.45) is 11.8 Å². The monoisotopic (exact) mass is 187 g/mol.